The molecule has 1 saturated carbocycles. The fourth-order valence-corrected chi connectivity index (χ4v) is 3.36. The number of hydrogen-bond acceptors (Lipinski definition) is 4. The van der Waals surface area contributed by atoms with Gasteiger partial charge in [-0.2, -0.15) is 0 Å². The number of thioether (sulfide) groups is 1. The first kappa shape index (κ1) is 16.3. The Labute approximate surface area is 145 Å². The fraction of sp³-hybridized carbons (Fsp3) is 0.353. The van der Waals surface area contributed by atoms with E-state index >= 15 is 0 Å². The van der Waals surface area contributed by atoms with Gasteiger partial charge in [0.1, 0.15) is 0 Å². The average Bonchev–Trinajstić information content (AvgIpc) is 3.35. The molecule has 1 aromatic carbocycles. The first-order valence-corrected chi connectivity index (χ1v) is 8.82. The van der Waals surface area contributed by atoms with Crippen molar-refractivity contribution in [3.05, 3.63) is 53.3 Å². The van der Waals surface area contributed by atoms with Crippen molar-refractivity contribution in [2.75, 3.05) is 6.54 Å². The second-order valence-electron chi connectivity index (χ2n) is 5.80. The van der Waals surface area contributed by atoms with E-state index in [0.717, 1.165) is 17.9 Å². The van der Waals surface area contributed by atoms with Crippen LogP contribution in [0.15, 0.2) is 47.9 Å². The van der Waals surface area contributed by atoms with E-state index in [1.165, 1.54) is 17.3 Å². The minimum Gasteiger partial charge on any atom is -0.354 e. The van der Waals surface area contributed by atoms with Crippen molar-refractivity contribution in [1.82, 2.24) is 15.3 Å². The molecule has 0 saturated heterocycles. The van der Waals surface area contributed by atoms with Gasteiger partial charge in [0.15, 0.2) is 5.16 Å². The van der Waals surface area contributed by atoms with Crippen molar-refractivity contribution < 1.29 is 4.79 Å². The Hall–Kier alpha value is -1.59. The topological polar surface area (TPSA) is 54.9 Å². The van der Waals surface area contributed by atoms with Crippen molar-refractivity contribution >= 4 is 29.3 Å². The van der Waals surface area contributed by atoms with Gasteiger partial charge in [-0.1, -0.05) is 35.5 Å². The van der Waals surface area contributed by atoms with Gasteiger partial charge in [0.25, 0.3) is 0 Å². The van der Waals surface area contributed by atoms with E-state index in [4.69, 9.17) is 11.6 Å². The molecule has 0 bridgehead atoms. The largest absolute Gasteiger partial charge is 0.354 e. The van der Waals surface area contributed by atoms with Crippen LogP contribution in [0, 0.1) is 0 Å². The Bertz CT molecular complexity index is 674. The van der Waals surface area contributed by atoms with Crippen molar-refractivity contribution in [2.45, 2.75) is 35.6 Å². The third-order valence-corrected chi connectivity index (χ3v) is 5.35. The minimum absolute atomic E-state index is 0.0164. The molecule has 1 aliphatic rings. The Morgan fingerprint density at radius 1 is 1.30 bits per heavy atom. The summed E-state index contributed by atoms with van der Waals surface area (Å²) in [6, 6.07) is 9.68. The van der Waals surface area contributed by atoms with Crippen LogP contribution in [0.4, 0.5) is 0 Å². The zero-order valence-electron chi connectivity index (χ0n) is 12.8. The smallest absolute Gasteiger partial charge is 0.233 e. The molecule has 3 rings (SSSR count). The van der Waals surface area contributed by atoms with Crippen molar-refractivity contribution in [3.63, 3.8) is 0 Å². The van der Waals surface area contributed by atoms with Crippen molar-refractivity contribution in [3.8, 4) is 0 Å². The number of rotatable bonds is 6. The lowest BCUT2D eigenvalue weighted by Gasteiger charge is -2.18. The Kier molecular flexibility index (Phi) is 4.87. The maximum Gasteiger partial charge on any atom is 0.233 e. The number of carbonyl (C=O) groups excluding carboxylic acids is 1. The number of aromatic nitrogens is 2. The summed E-state index contributed by atoms with van der Waals surface area (Å²) in [5.74, 6) is 0.0164. The quantitative estimate of drug-likeness (QED) is 0.642. The molecule has 1 heterocycles. The molecule has 0 unspecified atom stereocenters. The molecule has 1 N–H and O–H groups in total. The highest BCUT2D eigenvalue weighted by Gasteiger charge is 2.44. The molecular formula is C17H18ClN3OS. The summed E-state index contributed by atoms with van der Waals surface area (Å²) >= 11 is 7.31. The highest BCUT2D eigenvalue weighted by atomic mass is 35.5. The molecule has 2 aromatic rings. The molecule has 1 fully saturated rings. The Morgan fingerprint density at radius 2 is 1.96 bits per heavy atom. The van der Waals surface area contributed by atoms with Gasteiger partial charge in [0, 0.05) is 29.4 Å². The van der Waals surface area contributed by atoms with Crippen LogP contribution in [0.2, 0.25) is 5.02 Å². The second kappa shape index (κ2) is 6.89. The summed E-state index contributed by atoms with van der Waals surface area (Å²) in [7, 11) is 0. The monoisotopic (exact) mass is 347 g/mol. The summed E-state index contributed by atoms with van der Waals surface area (Å²) in [5, 5.41) is 4.20. The van der Waals surface area contributed by atoms with Crippen LogP contribution in [-0.4, -0.2) is 27.7 Å². The molecule has 23 heavy (non-hydrogen) atoms. The lowest BCUT2D eigenvalue weighted by Crippen LogP contribution is -2.36. The van der Waals surface area contributed by atoms with Crippen molar-refractivity contribution in [1.29, 1.82) is 0 Å². The van der Waals surface area contributed by atoms with E-state index in [-0.39, 0.29) is 16.6 Å². The van der Waals surface area contributed by atoms with Crippen LogP contribution in [0.25, 0.3) is 0 Å². The number of halogens is 1. The number of benzene rings is 1. The van der Waals surface area contributed by atoms with Gasteiger partial charge in [-0.25, -0.2) is 9.97 Å². The van der Waals surface area contributed by atoms with Gasteiger partial charge >= 0.3 is 0 Å². The maximum absolute atomic E-state index is 12.3. The zero-order chi connectivity index (χ0) is 16.3. The molecule has 4 nitrogen and oxygen atoms in total. The van der Waals surface area contributed by atoms with E-state index in [0.29, 0.717) is 11.7 Å². The number of hydrogen-bond donors (Lipinski definition) is 1. The predicted molar refractivity (Wildman–Crippen MR) is 92.7 cm³/mol. The molecule has 6 heteroatoms. The van der Waals surface area contributed by atoms with Gasteiger partial charge in [-0.15, -0.1) is 0 Å². The van der Waals surface area contributed by atoms with Gasteiger partial charge < -0.3 is 5.32 Å². The third kappa shape index (κ3) is 4.03. The minimum atomic E-state index is -0.224. The zero-order valence-corrected chi connectivity index (χ0v) is 14.4. The highest BCUT2D eigenvalue weighted by Crippen LogP contribution is 2.47. The fourth-order valence-electron chi connectivity index (χ4n) is 2.48. The summed E-state index contributed by atoms with van der Waals surface area (Å²) < 4.78 is 0. The van der Waals surface area contributed by atoms with Crippen LogP contribution in [0.5, 0.6) is 0 Å². The highest BCUT2D eigenvalue weighted by molar-refractivity contribution is 8.00. The molecule has 1 amide bonds. The normalized spacial score (nSPS) is 16.6. The van der Waals surface area contributed by atoms with E-state index in [1.807, 2.05) is 19.1 Å². The molecular weight excluding hydrogens is 330 g/mol. The predicted octanol–water partition coefficient (Wildman–Crippen LogP) is 3.46. The van der Waals surface area contributed by atoms with Crippen LogP contribution < -0.4 is 5.32 Å². The molecule has 0 spiro atoms. The molecule has 1 aromatic heterocycles. The summed E-state index contributed by atoms with van der Waals surface area (Å²) in [4.78, 5) is 20.6. The van der Waals surface area contributed by atoms with E-state index in [2.05, 4.69) is 27.4 Å². The van der Waals surface area contributed by atoms with E-state index in [1.54, 1.807) is 18.5 Å². The van der Waals surface area contributed by atoms with Crippen molar-refractivity contribution in [2.24, 2.45) is 0 Å². The van der Waals surface area contributed by atoms with Gasteiger partial charge in [-0.3, -0.25) is 4.79 Å². The number of amides is 1. The SMILES string of the molecule is C[C@H](Sc1ncccn1)C(=O)NCC1(c2ccc(Cl)cc2)CC1. The average molecular weight is 348 g/mol. The van der Waals surface area contributed by atoms with Gasteiger partial charge in [0.05, 0.1) is 5.25 Å². The van der Waals surface area contributed by atoms with Crippen LogP contribution >= 0.6 is 23.4 Å². The lowest BCUT2D eigenvalue weighted by molar-refractivity contribution is -0.120. The number of nitrogens with zero attached hydrogens (tertiary/aromatic N) is 2. The first-order valence-electron chi connectivity index (χ1n) is 7.56. The summed E-state index contributed by atoms with van der Waals surface area (Å²) in [5.41, 5.74) is 1.32. The van der Waals surface area contributed by atoms with Crippen LogP contribution in [0.3, 0.4) is 0 Å². The van der Waals surface area contributed by atoms with Crippen LogP contribution in [-0.2, 0) is 10.2 Å². The van der Waals surface area contributed by atoms with Crippen LogP contribution in [0.1, 0.15) is 25.3 Å². The van der Waals surface area contributed by atoms with E-state index < -0.39 is 0 Å². The summed E-state index contributed by atoms with van der Waals surface area (Å²) in [6.45, 7) is 2.53. The second-order valence-corrected chi connectivity index (χ2v) is 7.54. The lowest BCUT2D eigenvalue weighted by atomic mass is 9.96. The summed E-state index contributed by atoms with van der Waals surface area (Å²) in [6.07, 6.45) is 5.55. The maximum atomic E-state index is 12.3. The Balaban J connectivity index is 1.55. The molecule has 120 valence electrons. The van der Waals surface area contributed by atoms with Gasteiger partial charge in [0.2, 0.25) is 5.91 Å². The standard InChI is InChI=1S/C17H18ClN3OS/c1-12(23-16-19-9-2-10-20-16)15(22)21-11-17(7-8-17)13-3-5-14(18)6-4-13/h2-6,9-10,12H,7-8,11H2,1H3,(H,21,22)/t12-/m0/s1. The van der Waals surface area contributed by atoms with Gasteiger partial charge in [-0.05, 0) is 43.5 Å². The third-order valence-electron chi connectivity index (χ3n) is 4.10. The number of carbonyl (C=O) groups is 1. The molecule has 1 atom stereocenters. The Morgan fingerprint density at radius 3 is 2.57 bits per heavy atom. The molecule has 1 aliphatic carbocycles. The molecule has 0 aliphatic heterocycles. The molecule has 0 radical (unpaired) electrons. The van der Waals surface area contributed by atoms with E-state index in [9.17, 15) is 4.79 Å². The number of nitrogens with one attached hydrogen (secondary N) is 1. The first-order chi connectivity index (χ1) is 11.1.